The maximum Gasteiger partial charge on any atom is 0.341 e. The topological polar surface area (TPSA) is 59.0 Å². The van der Waals surface area contributed by atoms with E-state index >= 15 is 4.39 Å². The highest BCUT2D eigenvalue weighted by Crippen LogP contribution is 2.40. The van der Waals surface area contributed by atoms with Gasteiger partial charge in [-0.15, -0.1) is 0 Å². The molecule has 5 nitrogen and oxygen atoms in total. The van der Waals surface area contributed by atoms with Gasteiger partial charge in [0, 0.05) is 18.7 Å². The van der Waals surface area contributed by atoms with Crippen molar-refractivity contribution in [3.8, 4) is 22.6 Å². The molecule has 0 saturated carbocycles. The van der Waals surface area contributed by atoms with E-state index in [0.717, 1.165) is 23.1 Å². The van der Waals surface area contributed by atoms with Gasteiger partial charge in [-0.2, -0.15) is 0 Å². The lowest BCUT2D eigenvalue weighted by molar-refractivity contribution is -0.139. The lowest BCUT2D eigenvalue weighted by Gasteiger charge is -2.24. The summed E-state index contributed by atoms with van der Waals surface area (Å²) in [5, 5.41) is 8.71. The predicted molar refractivity (Wildman–Crippen MR) is 106 cm³/mol. The quantitative estimate of drug-likeness (QED) is 0.520. The molecule has 0 radical (unpaired) electrons. The third-order valence-electron chi connectivity index (χ3n) is 4.48. The molecule has 0 atom stereocenters. The van der Waals surface area contributed by atoms with E-state index in [1.165, 1.54) is 44.5 Å². The second-order valence-electron chi connectivity index (χ2n) is 6.47. The molecule has 0 fully saturated rings. The summed E-state index contributed by atoms with van der Waals surface area (Å²) in [7, 11) is 2.55. The Morgan fingerprint density at radius 3 is 2.42 bits per heavy atom. The van der Waals surface area contributed by atoms with Crippen LogP contribution < -0.4 is 14.4 Å². The number of ether oxygens (including phenoxy) is 2. The van der Waals surface area contributed by atoms with Crippen LogP contribution in [0.15, 0.2) is 48.5 Å². The Bertz CT molecular complexity index is 1140. The molecule has 0 aliphatic rings. The van der Waals surface area contributed by atoms with E-state index < -0.39 is 47.3 Å². The van der Waals surface area contributed by atoms with Crippen molar-refractivity contribution in [3.63, 3.8) is 0 Å². The highest BCUT2D eigenvalue weighted by molar-refractivity contribution is 5.76. The largest absolute Gasteiger partial charge is 0.497 e. The van der Waals surface area contributed by atoms with E-state index in [4.69, 9.17) is 14.6 Å². The average Bonchev–Trinajstić information content (AvgIpc) is 2.73. The van der Waals surface area contributed by atoms with Crippen LogP contribution in [-0.2, 0) is 4.79 Å². The maximum atomic E-state index is 15.4. The number of hydrogen-bond donors (Lipinski definition) is 1. The molecule has 0 unspecified atom stereocenters. The first kappa shape index (κ1) is 21.9. The van der Waals surface area contributed by atoms with Crippen LogP contribution in [0.25, 0.3) is 11.1 Å². The Balaban J connectivity index is 2.14. The standard InChI is InChI=1S/C22H17F4NO4/c1-27(22-16(24)6-7-18(21(22)26)31-11-19(28)29)17-10-14(30-2)9-15(20(17)25)12-4-3-5-13(23)8-12/h3-10H,11H2,1-2H3,(H,28,29). The van der Waals surface area contributed by atoms with Crippen LogP contribution in [0, 0.1) is 23.3 Å². The van der Waals surface area contributed by atoms with E-state index in [-0.39, 0.29) is 22.6 Å². The number of hydrogen-bond acceptors (Lipinski definition) is 4. The van der Waals surface area contributed by atoms with Gasteiger partial charge in [-0.1, -0.05) is 12.1 Å². The zero-order valence-electron chi connectivity index (χ0n) is 16.5. The smallest absolute Gasteiger partial charge is 0.341 e. The lowest BCUT2D eigenvalue weighted by Crippen LogP contribution is -2.17. The first-order valence-electron chi connectivity index (χ1n) is 8.92. The highest BCUT2D eigenvalue weighted by atomic mass is 19.1. The van der Waals surface area contributed by atoms with Crippen LogP contribution in [-0.4, -0.2) is 31.8 Å². The lowest BCUT2D eigenvalue weighted by atomic mass is 10.0. The monoisotopic (exact) mass is 435 g/mol. The first-order chi connectivity index (χ1) is 14.7. The highest BCUT2D eigenvalue weighted by Gasteiger charge is 2.24. The molecule has 9 heteroatoms. The summed E-state index contributed by atoms with van der Waals surface area (Å²) < 4.78 is 68.5. The summed E-state index contributed by atoms with van der Waals surface area (Å²) in [4.78, 5) is 11.6. The van der Waals surface area contributed by atoms with Crippen molar-refractivity contribution >= 4 is 17.3 Å². The molecule has 0 spiro atoms. The molecule has 31 heavy (non-hydrogen) atoms. The third-order valence-corrected chi connectivity index (χ3v) is 4.48. The molecule has 3 rings (SSSR count). The van der Waals surface area contributed by atoms with Crippen LogP contribution in [0.2, 0.25) is 0 Å². The van der Waals surface area contributed by atoms with Crippen LogP contribution in [0.4, 0.5) is 28.9 Å². The van der Waals surface area contributed by atoms with E-state index in [9.17, 15) is 18.0 Å². The van der Waals surface area contributed by atoms with Gasteiger partial charge in [-0.05, 0) is 35.9 Å². The van der Waals surface area contributed by atoms with Crippen molar-refractivity contribution in [1.82, 2.24) is 0 Å². The number of rotatable bonds is 7. The Morgan fingerprint density at radius 2 is 1.77 bits per heavy atom. The van der Waals surface area contributed by atoms with Gasteiger partial charge in [0.2, 0.25) is 0 Å². The molecule has 0 heterocycles. The van der Waals surface area contributed by atoms with Gasteiger partial charge in [0.25, 0.3) is 0 Å². The van der Waals surface area contributed by atoms with Crippen molar-refractivity contribution in [1.29, 1.82) is 0 Å². The molecule has 0 amide bonds. The van der Waals surface area contributed by atoms with E-state index in [1.807, 2.05) is 0 Å². The van der Waals surface area contributed by atoms with Crippen molar-refractivity contribution in [2.24, 2.45) is 0 Å². The Morgan fingerprint density at radius 1 is 1.03 bits per heavy atom. The number of halogens is 4. The van der Waals surface area contributed by atoms with E-state index in [2.05, 4.69) is 0 Å². The normalized spacial score (nSPS) is 10.6. The van der Waals surface area contributed by atoms with Crippen LogP contribution in [0.3, 0.4) is 0 Å². The Kier molecular flexibility index (Phi) is 6.33. The second kappa shape index (κ2) is 8.95. The predicted octanol–water partition coefficient (Wildman–Crippen LogP) is 5.15. The number of aliphatic carboxylic acids is 1. The van der Waals surface area contributed by atoms with E-state index in [0.29, 0.717) is 0 Å². The van der Waals surface area contributed by atoms with Crippen molar-refractivity contribution in [3.05, 3.63) is 71.8 Å². The molecular weight excluding hydrogens is 418 g/mol. The SMILES string of the molecule is COc1cc(-c2cccc(F)c2)c(F)c(N(C)c2c(F)ccc(OCC(=O)O)c2F)c1. The van der Waals surface area contributed by atoms with Gasteiger partial charge >= 0.3 is 5.97 Å². The number of anilines is 2. The van der Waals surface area contributed by atoms with Gasteiger partial charge in [0.05, 0.1) is 12.8 Å². The Hall–Kier alpha value is -3.75. The van der Waals surface area contributed by atoms with Gasteiger partial charge in [-0.25, -0.2) is 22.4 Å². The van der Waals surface area contributed by atoms with Crippen LogP contribution in [0.1, 0.15) is 0 Å². The van der Waals surface area contributed by atoms with E-state index in [1.54, 1.807) is 0 Å². The first-order valence-corrected chi connectivity index (χ1v) is 8.92. The molecule has 1 N–H and O–H groups in total. The zero-order chi connectivity index (χ0) is 22.7. The Labute approximate surface area is 175 Å². The number of carboxylic acid groups (broad SMARTS) is 1. The fourth-order valence-electron chi connectivity index (χ4n) is 3.01. The summed E-state index contributed by atoms with van der Waals surface area (Å²) in [6.45, 7) is -0.844. The molecule has 0 aromatic heterocycles. The second-order valence-corrected chi connectivity index (χ2v) is 6.47. The molecule has 3 aromatic carbocycles. The van der Waals surface area contributed by atoms with Gasteiger partial charge in [0.15, 0.2) is 24.0 Å². The van der Waals surface area contributed by atoms with Crippen LogP contribution in [0.5, 0.6) is 11.5 Å². The minimum Gasteiger partial charge on any atom is -0.497 e. The number of benzene rings is 3. The number of nitrogens with zero attached hydrogens (tertiary/aromatic N) is 1. The van der Waals surface area contributed by atoms with Gasteiger partial charge < -0.3 is 19.5 Å². The van der Waals surface area contributed by atoms with Crippen molar-refractivity contribution < 1.29 is 36.9 Å². The van der Waals surface area contributed by atoms with Crippen molar-refractivity contribution in [2.45, 2.75) is 0 Å². The number of carboxylic acids is 1. The summed E-state index contributed by atoms with van der Waals surface area (Å²) >= 11 is 0. The summed E-state index contributed by atoms with van der Waals surface area (Å²) in [6.07, 6.45) is 0. The maximum absolute atomic E-state index is 15.4. The zero-order valence-corrected chi connectivity index (χ0v) is 16.5. The molecule has 0 saturated heterocycles. The average molecular weight is 435 g/mol. The van der Waals surface area contributed by atoms with Gasteiger partial charge in [-0.3, -0.25) is 0 Å². The van der Waals surface area contributed by atoms with Gasteiger partial charge in [0.1, 0.15) is 23.1 Å². The molecular formula is C22H17F4NO4. The molecule has 0 bridgehead atoms. The third kappa shape index (κ3) is 4.55. The molecule has 0 aliphatic carbocycles. The fourth-order valence-corrected chi connectivity index (χ4v) is 3.01. The van der Waals surface area contributed by atoms with Crippen LogP contribution >= 0.6 is 0 Å². The number of methoxy groups -OCH3 is 1. The number of carbonyl (C=O) groups is 1. The summed E-state index contributed by atoms with van der Waals surface area (Å²) in [5.74, 6) is -5.40. The molecule has 3 aromatic rings. The fraction of sp³-hybridized carbons (Fsp3) is 0.136. The van der Waals surface area contributed by atoms with Crippen molar-refractivity contribution in [2.75, 3.05) is 25.7 Å². The molecule has 162 valence electrons. The summed E-state index contributed by atoms with van der Waals surface area (Å²) in [5.41, 5.74) is -0.766. The minimum atomic E-state index is -1.35. The summed E-state index contributed by atoms with van der Waals surface area (Å²) in [6, 6.07) is 9.55. The minimum absolute atomic E-state index is 0.0419. The molecule has 0 aliphatic heterocycles.